The number of ketones is 1. The molecule has 1 aliphatic carbocycles. The minimum Gasteiger partial charge on any atom is -0.350 e. The van der Waals surface area contributed by atoms with E-state index in [0.717, 1.165) is 38.9 Å². The van der Waals surface area contributed by atoms with Gasteiger partial charge in [-0.15, -0.1) is 0 Å². The molecule has 3 heteroatoms. The van der Waals surface area contributed by atoms with Gasteiger partial charge in [0.25, 0.3) is 0 Å². The van der Waals surface area contributed by atoms with E-state index in [2.05, 4.69) is 0 Å². The van der Waals surface area contributed by atoms with Gasteiger partial charge in [0, 0.05) is 25.7 Å². The highest BCUT2D eigenvalue weighted by atomic mass is 16.7. The zero-order valence-corrected chi connectivity index (χ0v) is 7.88. The van der Waals surface area contributed by atoms with Crippen LogP contribution in [-0.2, 0) is 14.3 Å². The van der Waals surface area contributed by atoms with Gasteiger partial charge in [0.1, 0.15) is 5.78 Å². The maximum atomic E-state index is 11.1. The second-order valence-corrected chi connectivity index (χ2v) is 3.85. The summed E-state index contributed by atoms with van der Waals surface area (Å²) in [6, 6.07) is 0. The number of carbonyl (C=O) groups is 1. The Balaban J connectivity index is 1.97. The number of rotatable bonds is 0. The molecule has 74 valence electrons. The first kappa shape index (κ1) is 9.16. The van der Waals surface area contributed by atoms with Gasteiger partial charge < -0.3 is 9.47 Å². The van der Waals surface area contributed by atoms with E-state index in [1.807, 2.05) is 0 Å². The van der Waals surface area contributed by atoms with Gasteiger partial charge in [0.05, 0.1) is 13.2 Å². The van der Waals surface area contributed by atoms with E-state index in [4.69, 9.17) is 9.47 Å². The van der Waals surface area contributed by atoms with Crippen LogP contribution in [0.25, 0.3) is 0 Å². The minimum absolute atomic E-state index is 0.349. The molecule has 0 unspecified atom stereocenters. The number of hydrogen-bond acceptors (Lipinski definition) is 3. The molecular formula is C10H16O3. The summed E-state index contributed by atoms with van der Waals surface area (Å²) >= 11 is 0. The second-order valence-electron chi connectivity index (χ2n) is 3.85. The van der Waals surface area contributed by atoms with Crippen LogP contribution in [0.1, 0.15) is 38.5 Å². The van der Waals surface area contributed by atoms with Crippen molar-refractivity contribution in [2.75, 3.05) is 13.2 Å². The van der Waals surface area contributed by atoms with Gasteiger partial charge in [0.15, 0.2) is 5.79 Å². The van der Waals surface area contributed by atoms with E-state index in [0.29, 0.717) is 18.6 Å². The first-order valence-electron chi connectivity index (χ1n) is 5.10. The Morgan fingerprint density at radius 1 is 1.00 bits per heavy atom. The van der Waals surface area contributed by atoms with Crippen LogP contribution in [-0.4, -0.2) is 24.8 Å². The Kier molecular flexibility index (Phi) is 2.65. The molecule has 2 fully saturated rings. The highest BCUT2D eigenvalue weighted by Gasteiger charge is 2.37. The third-order valence-corrected chi connectivity index (χ3v) is 2.84. The van der Waals surface area contributed by atoms with E-state index in [1.165, 1.54) is 0 Å². The summed E-state index contributed by atoms with van der Waals surface area (Å²) in [7, 11) is 0. The molecule has 0 aromatic heterocycles. The third-order valence-electron chi connectivity index (χ3n) is 2.84. The van der Waals surface area contributed by atoms with Crippen molar-refractivity contribution in [3.8, 4) is 0 Å². The summed E-state index contributed by atoms with van der Waals surface area (Å²) in [4.78, 5) is 11.1. The molecule has 1 saturated carbocycles. The van der Waals surface area contributed by atoms with Crippen LogP contribution in [0.5, 0.6) is 0 Å². The molecule has 13 heavy (non-hydrogen) atoms. The summed E-state index contributed by atoms with van der Waals surface area (Å²) in [6.45, 7) is 1.57. The summed E-state index contributed by atoms with van der Waals surface area (Å²) < 4.78 is 11.4. The first-order valence-corrected chi connectivity index (χ1v) is 5.10. The highest BCUT2D eigenvalue weighted by molar-refractivity contribution is 5.79. The maximum absolute atomic E-state index is 11.1. The smallest absolute Gasteiger partial charge is 0.169 e. The summed E-state index contributed by atoms with van der Waals surface area (Å²) in [5.74, 6) is -0.0493. The van der Waals surface area contributed by atoms with E-state index < -0.39 is 5.79 Å². The molecule has 0 amide bonds. The van der Waals surface area contributed by atoms with Crippen molar-refractivity contribution < 1.29 is 14.3 Å². The van der Waals surface area contributed by atoms with Gasteiger partial charge in [0.2, 0.25) is 0 Å². The van der Waals surface area contributed by atoms with Gasteiger partial charge in [-0.2, -0.15) is 0 Å². The fourth-order valence-corrected chi connectivity index (χ4v) is 1.96. The van der Waals surface area contributed by atoms with Gasteiger partial charge in [-0.05, 0) is 12.8 Å². The van der Waals surface area contributed by atoms with E-state index in [9.17, 15) is 4.79 Å². The lowest BCUT2D eigenvalue weighted by Crippen LogP contribution is -2.39. The van der Waals surface area contributed by atoms with Crippen molar-refractivity contribution in [1.29, 1.82) is 0 Å². The number of Topliss-reactive ketones (excluding diaryl/α,β-unsaturated/α-hetero) is 1. The van der Waals surface area contributed by atoms with Gasteiger partial charge in [-0.3, -0.25) is 4.79 Å². The summed E-state index contributed by atoms with van der Waals surface area (Å²) in [5.41, 5.74) is 0. The van der Waals surface area contributed by atoms with Gasteiger partial charge in [-0.1, -0.05) is 0 Å². The lowest BCUT2D eigenvalue weighted by molar-refractivity contribution is -0.238. The normalized spacial score (nSPS) is 28.8. The fraction of sp³-hybridized carbons (Fsp3) is 0.900. The van der Waals surface area contributed by atoms with Crippen molar-refractivity contribution in [2.45, 2.75) is 44.3 Å². The van der Waals surface area contributed by atoms with Crippen LogP contribution in [0, 0.1) is 0 Å². The first-order chi connectivity index (χ1) is 6.31. The highest BCUT2D eigenvalue weighted by Crippen LogP contribution is 2.32. The van der Waals surface area contributed by atoms with Crippen LogP contribution >= 0.6 is 0 Å². The quantitative estimate of drug-likeness (QED) is 0.574. The van der Waals surface area contributed by atoms with Crippen molar-refractivity contribution in [2.24, 2.45) is 0 Å². The average molecular weight is 184 g/mol. The summed E-state index contributed by atoms with van der Waals surface area (Å²) in [6.07, 6.45) is 4.92. The number of hydrogen-bond donors (Lipinski definition) is 0. The molecule has 2 aliphatic rings. The number of ether oxygens (including phenoxy) is 2. The topological polar surface area (TPSA) is 35.5 Å². The Labute approximate surface area is 78.4 Å². The SMILES string of the molecule is O=C1CCC2(CC1)OCCCCO2. The van der Waals surface area contributed by atoms with Gasteiger partial charge in [-0.25, -0.2) is 0 Å². The Hall–Kier alpha value is -0.410. The molecule has 0 radical (unpaired) electrons. The van der Waals surface area contributed by atoms with E-state index >= 15 is 0 Å². The monoisotopic (exact) mass is 184 g/mol. The van der Waals surface area contributed by atoms with Crippen LogP contribution in [0.4, 0.5) is 0 Å². The van der Waals surface area contributed by atoms with Gasteiger partial charge >= 0.3 is 0 Å². The van der Waals surface area contributed by atoms with Crippen molar-refractivity contribution >= 4 is 5.78 Å². The molecule has 0 bridgehead atoms. The van der Waals surface area contributed by atoms with Crippen LogP contribution in [0.15, 0.2) is 0 Å². The largest absolute Gasteiger partial charge is 0.350 e. The molecular weight excluding hydrogens is 168 g/mol. The molecule has 0 aromatic rings. The zero-order valence-electron chi connectivity index (χ0n) is 7.88. The molecule has 1 aliphatic heterocycles. The van der Waals surface area contributed by atoms with Crippen LogP contribution in [0.2, 0.25) is 0 Å². The average Bonchev–Trinajstić information content (AvgIpc) is 2.37. The molecule has 2 rings (SSSR count). The third kappa shape index (κ3) is 2.09. The Bertz CT molecular complexity index is 180. The predicted molar refractivity (Wildman–Crippen MR) is 47.3 cm³/mol. The molecule has 0 aromatic carbocycles. The number of carbonyl (C=O) groups excluding carboxylic acids is 1. The van der Waals surface area contributed by atoms with Crippen molar-refractivity contribution in [1.82, 2.24) is 0 Å². The van der Waals surface area contributed by atoms with E-state index in [-0.39, 0.29) is 0 Å². The molecule has 1 heterocycles. The van der Waals surface area contributed by atoms with E-state index in [1.54, 1.807) is 0 Å². The molecule has 0 atom stereocenters. The fourth-order valence-electron chi connectivity index (χ4n) is 1.96. The Morgan fingerprint density at radius 3 is 2.08 bits per heavy atom. The Morgan fingerprint density at radius 2 is 1.54 bits per heavy atom. The molecule has 1 spiro atoms. The molecule has 0 N–H and O–H groups in total. The lowest BCUT2D eigenvalue weighted by atomic mass is 9.93. The lowest BCUT2D eigenvalue weighted by Gasteiger charge is -2.34. The second kappa shape index (κ2) is 3.76. The van der Waals surface area contributed by atoms with Crippen LogP contribution < -0.4 is 0 Å². The van der Waals surface area contributed by atoms with Crippen LogP contribution in [0.3, 0.4) is 0 Å². The minimum atomic E-state index is -0.398. The maximum Gasteiger partial charge on any atom is 0.169 e. The molecule has 1 saturated heterocycles. The standard InChI is InChI=1S/C10H16O3/c11-9-3-5-10(6-4-9)12-7-1-2-8-13-10/h1-8H2. The zero-order chi connectivity index (χ0) is 9.15. The van der Waals surface area contributed by atoms with Crippen molar-refractivity contribution in [3.05, 3.63) is 0 Å². The summed E-state index contributed by atoms with van der Waals surface area (Å²) in [5, 5.41) is 0. The predicted octanol–water partition coefficient (Wildman–Crippen LogP) is 1.65. The van der Waals surface area contributed by atoms with Crippen molar-refractivity contribution in [3.63, 3.8) is 0 Å². The molecule has 3 nitrogen and oxygen atoms in total.